The highest BCUT2D eigenvalue weighted by Gasteiger charge is 2.19. The minimum Gasteiger partial charge on any atom is -0.374 e. The van der Waals surface area contributed by atoms with E-state index in [4.69, 9.17) is 4.74 Å². The van der Waals surface area contributed by atoms with Crippen LogP contribution < -0.4 is 0 Å². The van der Waals surface area contributed by atoms with E-state index in [2.05, 4.69) is 15.9 Å². The Bertz CT molecular complexity index is 400. The average molecular weight is 287 g/mol. The molecule has 0 bridgehead atoms. The summed E-state index contributed by atoms with van der Waals surface area (Å²) in [5.41, 5.74) is 0.958. The normalized spacial score (nSPS) is 20.0. The van der Waals surface area contributed by atoms with Crippen molar-refractivity contribution in [3.05, 3.63) is 35.1 Å². The van der Waals surface area contributed by atoms with Gasteiger partial charge in [0.2, 0.25) is 0 Å². The van der Waals surface area contributed by atoms with Crippen LogP contribution in [0.4, 0.5) is 4.39 Å². The van der Waals surface area contributed by atoms with E-state index in [1.54, 1.807) is 6.07 Å². The number of benzene rings is 1. The molecule has 1 aliphatic heterocycles. The fraction of sp³-hybridized carbons (Fsp3) is 0.417. The second kappa shape index (κ2) is 5.06. The number of carbonyl (C=O) groups is 1. The summed E-state index contributed by atoms with van der Waals surface area (Å²) in [6.45, 7) is 0.731. The summed E-state index contributed by atoms with van der Waals surface area (Å²) in [4.78, 5) is 11.3. The molecule has 0 saturated carbocycles. The molecule has 1 aromatic rings. The molecule has 1 saturated heterocycles. The molecule has 1 fully saturated rings. The summed E-state index contributed by atoms with van der Waals surface area (Å²) < 4.78 is 19.1. The second-order valence-corrected chi connectivity index (χ2v) is 4.36. The quantitative estimate of drug-likeness (QED) is 0.630. The summed E-state index contributed by atoms with van der Waals surface area (Å²) in [5, 5.41) is 0.142. The maximum absolute atomic E-state index is 13.6. The number of alkyl halides is 1. The third kappa shape index (κ3) is 2.33. The summed E-state index contributed by atoms with van der Waals surface area (Å²) >= 11 is 3.03. The molecule has 0 aromatic heterocycles. The highest BCUT2D eigenvalue weighted by molar-refractivity contribution is 9.09. The number of ketones is 1. The van der Waals surface area contributed by atoms with E-state index in [-0.39, 0.29) is 22.8 Å². The molecule has 0 radical (unpaired) electrons. The van der Waals surface area contributed by atoms with Crippen molar-refractivity contribution in [2.75, 3.05) is 11.9 Å². The molecular formula is C12H12BrFO2. The number of halogens is 2. The van der Waals surface area contributed by atoms with Gasteiger partial charge in [0, 0.05) is 6.61 Å². The number of rotatable bonds is 3. The van der Waals surface area contributed by atoms with Gasteiger partial charge in [-0.3, -0.25) is 4.79 Å². The first-order valence-electron chi connectivity index (χ1n) is 5.22. The molecule has 0 N–H and O–H groups in total. The molecule has 0 unspecified atom stereocenters. The fourth-order valence-corrected chi connectivity index (χ4v) is 2.17. The molecule has 0 spiro atoms. The monoisotopic (exact) mass is 286 g/mol. The molecule has 1 aromatic carbocycles. The molecule has 1 heterocycles. The lowest BCUT2D eigenvalue weighted by atomic mass is 10.0. The Hall–Kier alpha value is -0.740. The van der Waals surface area contributed by atoms with Crippen molar-refractivity contribution < 1.29 is 13.9 Å². The Morgan fingerprint density at radius 2 is 2.38 bits per heavy atom. The molecule has 1 atom stereocenters. The zero-order valence-corrected chi connectivity index (χ0v) is 10.3. The van der Waals surface area contributed by atoms with Gasteiger partial charge in [-0.15, -0.1) is 0 Å². The third-order valence-corrected chi connectivity index (χ3v) is 3.23. The van der Waals surface area contributed by atoms with Crippen molar-refractivity contribution in [1.29, 1.82) is 0 Å². The minimum absolute atomic E-state index is 0.0115. The highest BCUT2D eigenvalue weighted by atomic mass is 79.9. The van der Waals surface area contributed by atoms with Gasteiger partial charge in [0.05, 0.1) is 17.0 Å². The van der Waals surface area contributed by atoms with E-state index in [1.807, 2.05) is 0 Å². The van der Waals surface area contributed by atoms with Gasteiger partial charge >= 0.3 is 0 Å². The van der Waals surface area contributed by atoms with Crippen LogP contribution in [0.5, 0.6) is 0 Å². The molecule has 86 valence electrons. The number of carbonyl (C=O) groups excluding carboxylic acids is 1. The van der Waals surface area contributed by atoms with Crippen molar-refractivity contribution in [1.82, 2.24) is 0 Å². The lowest BCUT2D eigenvalue weighted by Gasteiger charge is -2.10. The topological polar surface area (TPSA) is 26.3 Å². The molecule has 2 rings (SSSR count). The Morgan fingerprint density at radius 3 is 2.94 bits per heavy atom. The molecule has 0 amide bonds. The van der Waals surface area contributed by atoms with Crippen LogP contribution in [0.1, 0.15) is 34.9 Å². The van der Waals surface area contributed by atoms with Gasteiger partial charge in [0.1, 0.15) is 5.82 Å². The predicted octanol–water partition coefficient (Wildman–Crippen LogP) is 3.25. The van der Waals surface area contributed by atoms with E-state index < -0.39 is 5.82 Å². The van der Waals surface area contributed by atoms with Gasteiger partial charge in [0.15, 0.2) is 5.78 Å². The minimum atomic E-state index is -0.461. The molecular weight excluding hydrogens is 275 g/mol. The lowest BCUT2D eigenvalue weighted by Crippen LogP contribution is -2.05. The zero-order chi connectivity index (χ0) is 11.5. The lowest BCUT2D eigenvalue weighted by molar-refractivity contribution is 0.101. The van der Waals surface area contributed by atoms with Crippen molar-refractivity contribution in [3.8, 4) is 0 Å². The van der Waals surface area contributed by atoms with Gasteiger partial charge in [-0.1, -0.05) is 22.0 Å². The van der Waals surface area contributed by atoms with Crippen LogP contribution in [0.2, 0.25) is 0 Å². The van der Waals surface area contributed by atoms with E-state index in [0.29, 0.717) is 0 Å². The van der Waals surface area contributed by atoms with E-state index >= 15 is 0 Å². The SMILES string of the molecule is O=C(CBr)c1ccc([C@H]2CCCO2)cc1F. The number of hydrogen-bond donors (Lipinski definition) is 0. The first-order chi connectivity index (χ1) is 7.72. The van der Waals surface area contributed by atoms with Gasteiger partial charge in [-0.05, 0) is 30.5 Å². The van der Waals surface area contributed by atoms with E-state index in [0.717, 1.165) is 25.0 Å². The number of ether oxygens (including phenoxy) is 1. The van der Waals surface area contributed by atoms with Crippen LogP contribution >= 0.6 is 15.9 Å². The molecule has 0 aliphatic carbocycles. The van der Waals surface area contributed by atoms with Crippen molar-refractivity contribution in [2.24, 2.45) is 0 Å². The molecule has 16 heavy (non-hydrogen) atoms. The maximum atomic E-state index is 13.6. The summed E-state index contributed by atoms with van der Waals surface area (Å²) in [5.74, 6) is -0.700. The van der Waals surface area contributed by atoms with Crippen LogP contribution in [0.25, 0.3) is 0 Å². The molecule has 1 aliphatic rings. The Labute approximate surface area is 102 Å². The fourth-order valence-electron chi connectivity index (χ4n) is 1.87. The van der Waals surface area contributed by atoms with Gasteiger partial charge in [-0.2, -0.15) is 0 Å². The van der Waals surface area contributed by atoms with Crippen LogP contribution in [-0.4, -0.2) is 17.7 Å². The first-order valence-corrected chi connectivity index (χ1v) is 6.34. The number of hydrogen-bond acceptors (Lipinski definition) is 2. The van der Waals surface area contributed by atoms with Crippen LogP contribution in [0, 0.1) is 5.82 Å². The van der Waals surface area contributed by atoms with Gasteiger partial charge in [-0.25, -0.2) is 4.39 Å². The van der Waals surface area contributed by atoms with Gasteiger partial charge in [0.25, 0.3) is 0 Å². The largest absolute Gasteiger partial charge is 0.374 e. The summed E-state index contributed by atoms with van der Waals surface area (Å²) in [7, 11) is 0. The first kappa shape index (κ1) is 11.7. The Morgan fingerprint density at radius 1 is 1.56 bits per heavy atom. The van der Waals surface area contributed by atoms with Crippen LogP contribution in [0.15, 0.2) is 18.2 Å². The Kier molecular flexibility index (Phi) is 3.71. The standard InChI is InChI=1S/C12H12BrFO2/c13-7-11(15)9-4-3-8(6-10(9)14)12-2-1-5-16-12/h3-4,6,12H,1-2,5,7H2/t12-/m1/s1. The van der Waals surface area contributed by atoms with Gasteiger partial charge < -0.3 is 4.74 Å². The number of Topliss-reactive ketones (excluding diaryl/α,β-unsaturated/α-hetero) is 1. The smallest absolute Gasteiger partial charge is 0.176 e. The van der Waals surface area contributed by atoms with E-state index in [9.17, 15) is 9.18 Å². The summed E-state index contributed by atoms with van der Waals surface area (Å²) in [6, 6.07) is 4.72. The molecule has 4 heteroatoms. The van der Waals surface area contributed by atoms with E-state index in [1.165, 1.54) is 12.1 Å². The Balaban J connectivity index is 2.25. The zero-order valence-electron chi connectivity index (χ0n) is 8.71. The second-order valence-electron chi connectivity index (χ2n) is 3.80. The predicted molar refractivity (Wildman–Crippen MR) is 62.5 cm³/mol. The summed E-state index contributed by atoms with van der Waals surface area (Å²) in [6.07, 6.45) is 1.92. The van der Waals surface area contributed by atoms with Crippen molar-refractivity contribution >= 4 is 21.7 Å². The van der Waals surface area contributed by atoms with Crippen molar-refractivity contribution in [3.63, 3.8) is 0 Å². The van der Waals surface area contributed by atoms with Crippen molar-refractivity contribution in [2.45, 2.75) is 18.9 Å². The molecule has 2 nitrogen and oxygen atoms in total. The third-order valence-electron chi connectivity index (χ3n) is 2.72. The van der Waals surface area contributed by atoms with Crippen LogP contribution in [0.3, 0.4) is 0 Å². The average Bonchev–Trinajstić information content (AvgIpc) is 2.81. The van der Waals surface area contributed by atoms with Crippen LogP contribution in [-0.2, 0) is 4.74 Å². The maximum Gasteiger partial charge on any atom is 0.176 e. The highest BCUT2D eigenvalue weighted by Crippen LogP contribution is 2.29.